The van der Waals surface area contributed by atoms with Gasteiger partial charge in [-0.3, -0.25) is 0 Å². The molecule has 0 unspecified atom stereocenters. The molecule has 1 aromatic rings. The van der Waals surface area contributed by atoms with Crippen molar-refractivity contribution < 1.29 is 18.7 Å². The predicted molar refractivity (Wildman–Crippen MR) is 58.0 cm³/mol. The van der Waals surface area contributed by atoms with Gasteiger partial charge in [0.05, 0.1) is 12.9 Å². The summed E-state index contributed by atoms with van der Waals surface area (Å²) in [6, 6.07) is 3.68. The van der Waals surface area contributed by atoms with Crippen LogP contribution in [-0.2, 0) is 16.1 Å². The third kappa shape index (κ3) is 5.41. The molecule has 0 aliphatic carbocycles. The summed E-state index contributed by atoms with van der Waals surface area (Å²) >= 11 is 0. The highest BCUT2D eigenvalue weighted by Crippen LogP contribution is 2.01. The Morgan fingerprint density at radius 3 is 3.12 bits per heavy atom. The quantitative estimate of drug-likeness (QED) is 0.723. The molecule has 1 N–H and O–H groups in total. The molecule has 5 heteroatoms. The lowest BCUT2D eigenvalue weighted by atomic mass is 10.4. The minimum Gasteiger partial charge on any atom is -0.467 e. The Morgan fingerprint density at radius 1 is 1.56 bits per heavy atom. The Labute approximate surface area is 94.7 Å². The van der Waals surface area contributed by atoms with Gasteiger partial charge < -0.3 is 19.2 Å². The van der Waals surface area contributed by atoms with Crippen LogP contribution in [0.4, 0.5) is 4.79 Å². The van der Waals surface area contributed by atoms with Crippen LogP contribution in [0.25, 0.3) is 0 Å². The first kappa shape index (κ1) is 12.6. The first-order valence-corrected chi connectivity index (χ1v) is 5.33. The van der Waals surface area contributed by atoms with Crippen LogP contribution in [0.3, 0.4) is 0 Å². The molecular weight excluding hydrogens is 210 g/mol. The van der Waals surface area contributed by atoms with Crippen molar-refractivity contribution in [2.24, 2.45) is 0 Å². The summed E-state index contributed by atoms with van der Waals surface area (Å²) in [5.74, 6) is 0.804. The molecule has 0 bridgehead atoms. The van der Waals surface area contributed by atoms with Crippen LogP contribution < -0.4 is 5.32 Å². The van der Waals surface area contributed by atoms with Gasteiger partial charge in [-0.25, -0.2) is 4.79 Å². The second-order valence-corrected chi connectivity index (χ2v) is 3.13. The largest absolute Gasteiger partial charge is 0.467 e. The maximum atomic E-state index is 10.9. The second kappa shape index (κ2) is 7.76. The Bertz CT molecular complexity index is 284. The van der Waals surface area contributed by atoms with Gasteiger partial charge in [-0.2, -0.15) is 0 Å². The number of carbonyl (C=O) groups is 1. The average Bonchev–Trinajstić information content (AvgIpc) is 2.76. The Balaban J connectivity index is 1.90. The van der Waals surface area contributed by atoms with Crippen LogP contribution in [-0.4, -0.2) is 25.9 Å². The molecule has 0 radical (unpaired) electrons. The summed E-state index contributed by atoms with van der Waals surface area (Å²) in [6.45, 7) is 3.75. The SMILES string of the molecule is CCOC(=O)NCCCOCc1ccco1. The molecule has 0 spiro atoms. The number of alkyl carbamates (subject to hydrolysis) is 1. The van der Waals surface area contributed by atoms with Gasteiger partial charge in [-0.1, -0.05) is 0 Å². The summed E-state index contributed by atoms with van der Waals surface area (Å²) in [5, 5.41) is 2.61. The summed E-state index contributed by atoms with van der Waals surface area (Å²) < 4.78 is 15.1. The number of ether oxygens (including phenoxy) is 2. The molecule has 0 aliphatic rings. The standard InChI is InChI=1S/C11H17NO4/c1-2-15-11(13)12-6-4-7-14-9-10-5-3-8-16-10/h3,5,8H,2,4,6-7,9H2,1H3,(H,12,13). The Kier molecular flexibility index (Phi) is 6.10. The molecule has 1 rings (SSSR count). The van der Waals surface area contributed by atoms with Gasteiger partial charge >= 0.3 is 6.09 Å². The van der Waals surface area contributed by atoms with Crippen molar-refractivity contribution in [1.29, 1.82) is 0 Å². The van der Waals surface area contributed by atoms with E-state index in [2.05, 4.69) is 5.32 Å². The van der Waals surface area contributed by atoms with Gasteiger partial charge in [0.15, 0.2) is 0 Å². The van der Waals surface area contributed by atoms with E-state index in [0.29, 0.717) is 26.4 Å². The number of hydrogen-bond acceptors (Lipinski definition) is 4. The molecule has 0 saturated heterocycles. The molecule has 90 valence electrons. The van der Waals surface area contributed by atoms with Gasteiger partial charge in [0.25, 0.3) is 0 Å². The summed E-state index contributed by atoms with van der Waals surface area (Å²) in [4.78, 5) is 10.9. The monoisotopic (exact) mass is 227 g/mol. The van der Waals surface area contributed by atoms with E-state index in [1.165, 1.54) is 0 Å². The molecular formula is C11H17NO4. The molecule has 0 aliphatic heterocycles. The first-order chi connectivity index (χ1) is 7.83. The van der Waals surface area contributed by atoms with E-state index in [-0.39, 0.29) is 6.09 Å². The lowest BCUT2D eigenvalue weighted by molar-refractivity contribution is 0.103. The number of furan rings is 1. The molecule has 0 atom stereocenters. The normalized spacial score (nSPS) is 10.1. The average molecular weight is 227 g/mol. The maximum Gasteiger partial charge on any atom is 0.407 e. The number of hydrogen-bond donors (Lipinski definition) is 1. The van der Waals surface area contributed by atoms with E-state index in [1.807, 2.05) is 12.1 Å². The fourth-order valence-corrected chi connectivity index (χ4v) is 1.11. The molecule has 1 amide bonds. The van der Waals surface area contributed by atoms with Crippen LogP contribution >= 0.6 is 0 Å². The maximum absolute atomic E-state index is 10.9. The van der Waals surface area contributed by atoms with Crippen molar-refractivity contribution in [1.82, 2.24) is 5.32 Å². The van der Waals surface area contributed by atoms with Crippen LogP contribution in [0.1, 0.15) is 19.1 Å². The Morgan fingerprint density at radius 2 is 2.44 bits per heavy atom. The van der Waals surface area contributed by atoms with Gasteiger partial charge in [0, 0.05) is 13.2 Å². The molecule has 5 nitrogen and oxygen atoms in total. The highest BCUT2D eigenvalue weighted by molar-refractivity contribution is 5.66. The second-order valence-electron chi connectivity index (χ2n) is 3.13. The van der Waals surface area contributed by atoms with E-state index in [1.54, 1.807) is 13.2 Å². The van der Waals surface area contributed by atoms with E-state index in [4.69, 9.17) is 13.9 Å². The molecule has 0 saturated carbocycles. The van der Waals surface area contributed by atoms with Crippen LogP contribution in [0.15, 0.2) is 22.8 Å². The van der Waals surface area contributed by atoms with Crippen molar-refractivity contribution >= 4 is 6.09 Å². The predicted octanol–water partition coefficient (Wildman–Crippen LogP) is 1.93. The number of amides is 1. The minimum atomic E-state index is -0.381. The van der Waals surface area contributed by atoms with E-state index in [9.17, 15) is 4.79 Å². The highest BCUT2D eigenvalue weighted by Gasteiger charge is 1.99. The minimum absolute atomic E-state index is 0.381. The zero-order valence-corrected chi connectivity index (χ0v) is 9.40. The van der Waals surface area contributed by atoms with Crippen LogP contribution in [0, 0.1) is 0 Å². The van der Waals surface area contributed by atoms with Gasteiger partial charge in [0.2, 0.25) is 0 Å². The highest BCUT2D eigenvalue weighted by atomic mass is 16.5. The smallest absolute Gasteiger partial charge is 0.407 e. The summed E-state index contributed by atoms with van der Waals surface area (Å²) in [6.07, 6.45) is 1.98. The number of nitrogens with one attached hydrogen (secondary N) is 1. The van der Waals surface area contributed by atoms with E-state index < -0.39 is 0 Å². The molecule has 1 aromatic heterocycles. The van der Waals surface area contributed by atoms with Gasteiger partial charge in [-0.15, -0.1) is 0 Å². The first-order valence-electron chi connectivity index (χ1n) is 5.33. The fourth-order valence-electron chi connectivity index (χ4n) is 1.11. The van der Waals surface area contributed by atoms with E-state index in [0.717, 1.165) is 12.2 Å². The third-order valence-corrected chi connectivity index (χ3v) is 1.83. The van der Waals surface area contributed by atoms with Crippen molar-refractivity contribution in [2.45, 2.75) is 20.0 Å². The third-order valence-electron chi connectivity index (χ3n) is 1.83. The number of carbonyl (C=O) groups excluding carboxylic acids is 1. The van der Waals surface area contributed by atoms with E-state index >= 15 is 0 Å². The molecule has 0 aromatic carbocycles. The van der Waals surface area contributed by atoms with Crippen molar-refractivity contribution in [2.75, 3.05) is 19.8 Å². The molecule has 16 heavy (non-hydrogen) atoms. The molecule has 1 heterocycles. The topological polar surface area (TPSA) is 60.7 Å². The zero-order chi connectivity index (χ0) is 11.6. The van der Waals surface area contributed by atoms with Gasteiger partial charge in [-0.05, 0) is 25.5 Å². The lowest BCUT2D eigenvalue weighted by Crippen LogP contribution is -2.25. The zero-order valence-electron chi connectivity index (χ0n) is 9.40. The number of rotatable bonds is 7. The fraction of sp³-hybridized carbons (Fsp3) is 0.545. The van der Waals surface area contributed by atoms with Crippen LogP contribution in [0.5, 0.6) is 0 Å². The van der Waals surface area contributed by atoms with Crippen molar-refractivity contribution in [3.05, 3.63) is 24.2 Å². The van der Waals surface area contributed by atoms with Gasteiger partial charge in [0.1, 0.15) is 12.4 Å². The Hall–Kier alpha value is -1.49. The summed E-state index contributed by atoms with van der Waals surface area (Å²) in [7, 11) is 0. The lowest BCUT2D eigenvalue weighted by Gasteiger charge is -2.05. The van der Waals surface area contributed by atoms with Crippen molar-refractivity contribution in [3.63, 3.8) is 0 Å². The van der Waals surface area contributed by atoms with Crippen molar-refractivity contribution in [3.8, 4) is 0 Å². The van der Waals surface area contributed by atoms with Crippen LogP contribution in [0.2, 0.25) is 0 Å². The summed E-state index contributed by atoms with van der Waals surface area (Å²) in [5.41, 5.74) is 0. The molecule has 0 fully saturated rings.